The summed E-state index contributed by atoms with van der Waals surface area (Å²) >= 11 is 0. The van der Waals surface area contributed by atoms with Crippen molar-refractivity contribution in [2.24, 2.45) is 5.73 Å². The number of sulfonamides is 1. The number of hydrogen-bond donors (Lipinski definition) is 4. The molecule has 3 amide bonds. The van der Waals surface area contributed by atoms with Crippen molar-refractivity contribution < 1.29 is 18.0 Å². The fourth-order valence-corrected chi connectivity index (χ4v) is 3.25. The molecule has 0 fully saturated rings. The molecule has 0 heterocycles. The Bertz CT molecular complexity index is 869. The van der Waals surface area contributed by atoms with Crippen LogP contribution in [0.3, 0.4) is 0 Å². The Hall–Kier alpha value is -2.91. The summed E-state index contributed by atoms with van der Waals surface area (Å²) in [5.41, 5.74) is 5.83. The molecule has 5 N–H and O–H groups in total. The van der Waals surface area contributed by atoms with Crippen molar-refractivity contribution >= 4 is 33.3 Å². The summed E-state index contributed by atoms with van der Waals surface area (Å²) in [7, 11) is -3.81. The van der Waals surface area contributed by atoms with Gasteiger partial charge in [0.1, 0.15) is 0 Å². The van der Waals surface area contributed by atoms with Crippen molar-refractivity contribution in [2.75, 3.05) is 10.6 Å². The quantitative estimate of drug-likeness (QED) is 0.620. The lowest BCUT2D eigenvalue weighted by atomic mass is 10.2. The largest absolute Gasteiger partial charge is 0.351 e. The molecule has 132 valence electrons. The van der Waals surface area contributed by atoms with E-state index in [0.29, 0.717) is 11.4 Å². The van der Waals surface area contributed by atoms with Gasteiger partial charge in [-0.1, -0.05) is 24.3 Å². The maximum Gasteiger partial charge on any atom is 0.316 e. The Labute approximate surface area is 145 Å². The minimum absolute atomic E-state index is 0.0716. The number of carbonyl (C=O) groups excluding carboxylic acids is 2. The summed E-state index contributed by atoms with van der Waals surface area (Å²) in [5.74, 6) is -0.546. The minimum Gasteiger partial charge on any atom is -0.351 e. The molecule has 2 rings (SSSR count). The number of nitrogens with one attached hydrogen (secondary N) is 3. The molecule has 0 radical (unpaired) electrons. The number of primary amides is 1. The molecule has 25 heavy (non-hydrogen) atoms. The molecule has 1 atom stereocenters. The summed E-state index contributed by atoms with van der Waals surface area (Å²) in [6.45, 7) is 1.43. The minimum atomic E-state index is -3.81. The fourth-order valence-electron chi connectivity index (χ4n) is 2.02. The molecular formula is C16H18N4O4S. The molecule has 0 aliphatic carbocycles. The van der Waals surface area contributed by atoms with Crippen LogP contribution in [0.5, 0.6) is 0 Å². The first-order chi connectivity index (χ1) is 11.8. The summed E-state index contributed by atoms with van der Waals surface area (Å²) in [5, 5.41) is 4.95. The van der Waals surface area contributed by atoms with E-state index in [9.17, 15) is 18.0 Å². The average Bonchev–Trinajstić information content (AvgIpc) is 2.55. The maximum absolute atomic E-state index is 12.2. The highest BCUT2D eigenvalue weighted by Crippen LogP contribution is 2.15. The highest BCUT2D eigenvalue weighted by atomic mass is 32.2. The lowest BCUT2D eigenvalue weighted by molar-refractivity contribution is -0.117. The third kappa shape index (κ3) is 5.30. The zero-order valence-corrected chi connectivity index (χ0v) is 14.2. The highest BCUT2D eigenvalue weighted by molar-refractivity contribution is 7.89. The van der Waals surface area contributed by atoms with Crippen LogP contribution in [0.4, 0.5) is 16.2 Å². The smallest absolute Gasteiger partial charge is 0.316 e. The van der Waals surface area contributed by atoms with Gasteiger partial charge >= 0.3 is 6.03 Å². The van der Waals surface area contributed by atoms with Gasteiger partial charge in [0.05, 0.1) is 10.9 Å². The number of carbonyl (C=O) groups is 2. The Morgan fingerprint density at radius 2 is 1.56 bits per heavy atom. The van der Waals surface area contributed by atoms with E-state index in [1.54, 1.807) is 36.4 Å². The van der Waals surface area contributed by atoms with Crippen molar-refractivity contribution in [2.45, 2.75) is 17.9 Å². The summed E-state index contributed by atoms with van der Waals surface area (Å²) < 4.78 is 26.8. The molecule has 8 nitrogen and oxygen atoms in total. The van der Waals surface area contributed by atoms with E-state index in [-0.39, 0.29) is 4.90 Å². The lowest BCUT2D eigenvalue weighted by Gasteiger charge is -2.15. The molecular weight excluding hydrogens is 344 g/mol. The Morgan fingerprint density at radius 3 is 2.16 bits per heavy atom. The van der Waals surface area contributed by atoms with Crippen molar-refractivity contribution in [3.05, 3.63) is 54.6 Å². The second kappa shape index (κ2) is 7.77. The van der Waals surface area contributed by atoms with E-state index in [1.807, 2.05) is 0 Å². The van der Waals surface area contributed by atoms with E-state index < -0.39 is 28.0 Å². The average molecular weight is 362 g/mol. The molecule has 0 unspecified atom stereocenters. The van der Waals surface area contributed by atoms with Gasteiger partial charge in [-0.15, -0.1) is 0 Å². The fraction of sp³-hybridized carbons (Fsp3) is 0.125. The Balaban J connectivity index is 2.04. The van der Waals surface area contributed by atoms with Gasteiger partial charge in [0.25, 0.3) is 0 Å². The van der Waals surface area contributed by atoms with Crippen LogP contribution in [0.1, 0.15) is 6.92 Å². The van der Waals surface area contributed by atoms with Crippen molar-refractivity contribution in [1.29, 1.82) is 0 Å². The first kappa shape index (κ1) is 18.4. The topological polar surface area (TPSA) is 130 Å². The molecule has 2 aromatic rings. The van der Waals surface area contributed by atoms with Crippen LogP contribution in [-0.2, 0) is 14.8 Å². The molecule has 0 aliphatic rings. The Kier molecular flexibility index (Phi) is 5.73. The lowest BCUT2D eigenvalue weighted by Crippen LogP contribution is -2.41. The van der Waals surface area contributed by atoms with Crippen molar-refractivity contribution in [3.63, 3.8) is 0 Å². The number of amides is 3. The number of urea groups is 1. The Morgan fingerprint density at radius 1 is 0.960 bits per heavy atom. The van der Waals surface area contributed by atoms with Crippen molar-refractivity contribution in [1.82, 2.24) is 4.72 Å². The molecule has 0 saturated heterocycles. The SMILES string of the molecule is C[C@H](NS(=O)(=O)c1ccccc1)C(=O)Nc1cccc(NC(N)=O)c1. The third-order valence-electron chi connectivity index (χ3n) is 3.18. The van der Waals surface area contributed by atoms with Gasteiger partial charge in [-0.3, -0.25) is 4.79 Å². The molecule has 0 bridgehead atoms. The zero-order chi connectivity index (χ0) is 18.4. The molecule has 0 spiro atoms. The third-order valence-corrected chi connectivity index (χ3v) is 4.73. The van der Waals surface area contributed by atoms with Crippen LogP contribution >= 0.6 is 0 Å². The molecule has 0 aliphatic heterocycles. The van der Waals surface area contributed by atoms with E-state index in [4.69, 9.17) is 5.73 Å². The van der Waals surface area contributed by atoms with Crippen LogP contribution in [0.15, 0.2) is 59.5 Å². The molecule has 0 aromatic heterocycles. The first-order valence-corrected chi connectivity index (χ1v) is 8.81. The number of benzene rings is 2. The number of rotatable bonds is 6. The van der Waals surface area contributed by atoms with Crippen LogP contribution in [0, 0.1) is 0 Å². The van der Waals surface area contributed by atoms with Gasteiger partial charge < -0.3 is 16.4 Å². The van der Waals surface area contributed by atoms with E-state index in [0.717, 1.165) is 0 Å². The monoisotopic (exact) mass is 362 g/mol. The van der Waals surface area contributed by atoms with Crippen molar-refractivity contribution in [3.8, 4) is 0 Å². The predicted octanol–water partition coefficient (Wildman–Crippen LogP) is 1.48. The van der Waals surface area contributed by atoms with Crippen LogP contribution in [0.25, 0.3) is 0 Å². The summed E-state index contributed by atoms with van der Waals surface area (Å²) in [4.78, 5) is 23.1. The van der Waals surface area contributed by atoms with E-state index >= 15 is 0 Å². The number of nitrogens with two attached hydrogens (primary N) is 1. The normalized spacial score (nSPS) is 12.2. The summed E-state index contributed by atoms with van der Waals surface area (Å²) in [6.07, 6.45) is 0. The molecule has 2 aromatic carbocycles. The number of anilines is 2. The maximum atomic E-state index is 12.2. The standard InChI is InChI=1S/C16H18N4O4S/c1-11(20-25(23,24)14-8-3-2-4-9-14)15(21)18-12-6-5-7-13(10-12)19-16(17)22/h2-11,20H,1H3,(H,18,21)(H3,17,19,22)/t11-/m0/s1. The predicted molar refractivity (Wildman–Crippen MR) is 94.5 cm³/mol. The number of hydrogen-bond acceptors (Lipinski definition) is 4. The molecule has 9 heteroatoms. The van der Waals surface area contributed by atoms with Gasteiger partial charge in [0.15, 0.2) is 0 Å². The van der Waals surface area contributed by atoms with E-state index in [2.05, 4.69) is 15.4 Å². The van der Waals surface area contributed by atoms with Gasteiger partial charge in [-0.05, 0) is 37.3 Å². The van der Waals surface area contributed by atoms with Crippen LogP contribution in [0.2, 0.25) is 0 Å². The first-order valence-electron chi connectivity index (χ1n) is 7.33. The van der Waals surface area contributed by atoms with Gasteiger partial charge in [0.2, 0.25) is 15.9 Å². The van der Waals surface area contributed by atoms with Crippen LogP contribution in [-0.4, -0.2) is 26.4 Å². The highest BCUT2D eigenvalue weighted by Gasteiger charge is 2.21. The second-order valence-electron chi connectivity index (χ2n) is 5.22. The zero-order valence-electron chi connectivity index (χ0n) is 13.4. The van der Waals surface area contributed by atoms with Crippen LogP contribution < -0.4 is 21.1 Å². The second-order valence-corrected chi connectivity index (χ2v) is 6.93. The summed E-state index contributed by atoms with van der Waals surface area (Å²) in [6, 6.07) is 12.3. The van der Waals surface area contributed by atoms with Gasteiger partial charge in [-0.2, -0.15) is 4.72 Å². The van der Waals surface area contributed by atoms with Gasteiger partial charge in [-0.25, -0.2) is 13.2 Å². The molecule has 0 saturated carbocycles. The van der Waals surface area contributed by atoms with Gasteiger partial charge in [0, 0.05) is 11.4 Å². The van der Waals surface area contributed by atoms with E-state index in [1.165, 1.54) is 25.1 Å².